The van der Waals surface area contributed by atoms with Gasteiger partial charge in [-0.3, -0.25) is 4.79 Å². The normalized spacial score (nSPS) is 16.7. The van der Waals surface area contributed by atoms with Crippen molar-refractivity contribution in [3.8, 4) is 0 Å². The maximum absolute atomic E-state index is 12.8. The highest BCUT2D eigenvalue weighted by Crippen LogP contribution is 2.38. The molecule has 0 spiro atoms. The third kappa shape index (κ3) is 2.94. The molecule has 0 atom stereocenters. The first-order valence-corrected chi connectivity index (χ1v) is 9.05. The van der Waals surface area contributed by atoms with Gasteiger partial charge in [-0.15, -0.1) is 11.3 Å². The number of halogens is 1. The molecule has 1 aliphatic heterocycles. The van der Waals surface area contributed by atoms with Crippen molar-refractivity contribution in [2.75, 3.05) is 18.8 Å². The Kier molecular flexibility index (Phi) is 4.50. The smallest absolute Gasteiger partial charge is 0.266 e. The molecule has 3 nitrogen and oxygen atoms in total. The van der Waals surface area contributed by atoms with Crippen molar-refractivity contribution in [2.24, 2.45) is 0 Å². The van der Waals surface area contributed by atoms with Crippen molar-refractivity contribution in [3.63, 3.8) is 0 Å². The van der Waals surface area contributed by atoms with E-state index in [1.54, 1.807) is 0 Å². The summed E-state index contributed by atoms with van der Waals surface area (Å²) in [4.78, 5) is 15.5. The van der Waals surface area contributed by atoms with Gasteiger partial charge in [-0.25, -0.2) is 0 Å². The molecule has 2 heterocycles. The molecule has 21 heavy (non-hydrogen) atoms. The number of amides is 1. The van der Waals surface area contributed by atoms with Gasteiger partial charge in [0.05, 0.1) is 5.69 Å². The average Bonchev–Trinajstić information content (AvgIpc) is 2.76. The van der Waals surface area contributed by atoms with Crippen LogP contribution in [0.5, 0.6) is 0 Å². The summed E-state index contributed by atoms with van der Waals surface area (Å²) in [5, 5.41) is 0.970. The summed E-state index contributed by atoms with van der Waals surface area (Å²) < 4.78 is 2.03. The van der Waals surface area contributed by atoms with Crippen LogP contribution in [-0.2, 0) is 0 Å². The molecule has 0 bridgehead atoms. The number of nitrogens with zero attached hydrogens (tertiary/aromatic N) is 1. The van der Waals surface area contributed by atoms with Crippen LogP contribution in [0, 0.1) is 0 Å². The van der Waals surface area contributed by atoms with Gasteiger partial charge in [0.25, 0.3) is 5.91 Å². The predicted octanol–water partition coefficient (Wildman–Crippen LogP) is 4.65. The molecule has 1 amide bonds. The molecule has 1 aromatic carbocycles. The Labute approximate surface area is 137 Å². The number of anilines is 1. The summed E-state index contributed by atoms with van der Waals surface area (Å²) >= 11 is 5.04. The number of hydrogen-bond acceptors (Lipinski definition) is 3. The van der Waals surface area contributed by atoms with E-state index in [0.717, 1.165) is 40.5 Å². The van der Waals surface area contributed by atoms with E-state index in [1.165, 1.54) is 30.6 Å². The number of nitrogens with two attached hydrogens (primary N) is 1. The number of likely N-dealkylation sites (tertiary alicyclic amines) is 1. The molecule has 3 rings (SSSR count). The zero-order valence-corrected chi connectivity index (χ0v) is 14.3. The van der Waals surface area contributed by atoms with Crippen molar-refractivity contribution in [1.82, 2.24) is 4.90 Å². The molecule has 0 aliphatic carbocycles. The molecule has 112 valence electrons. The van der Waals surface area contributed by atoms with E-state index in [1.807, 2.05) is 23.1 Å². The molecule has 1 aromatic heterocycles. The van der Waals surface area contributed by atoms with Gasteiger partial charge in [0, 0.05) is 27.6 Å². The molecule has 0 unspecified atom stereocenters. The lowest BCUT2D eigenvalue weighted by Crippen LogP contribution is -2.33. The van der Waals surface area contributed by atoms with Crippen LogP contribution in [0.3, 0.4) is 0 Å². The maximum Gasteiger partial charge on any atom is 0.266 e. The molecule has 2 N–H and O–H groups in total. The second-order valence-corrected chi connectivity index (χ2v) is 7.42. The molecule has 0 saturated carbocycles. The molecule has 1 fully saturated rings. The molecular weight excluding hydrogens is 348 g/mol. The Hall–Kier alpha value is -1.07. The first kappa shape index (κ1) is 14.9. The number of hydrogen-bond donors (Lipinski definition) is 1. The van der Waals surface area contributed by atoms with Crippen molar-refractivity contribution >= 4 is 48.9 Å². The van der Waals surface area contributed by atoms with E-state index in [2.05, 4.69) is 15.9 Å². The number of carbonyl (C=O) groups is 1. The van der Waals surface area contributed by atoms with Crippen molar-refractivity contribution in [2.45, 2.75) is 32.1 Å². The highest BCUT2D eigenvalue weighted by Gasteiger charge is 2.23. The fraction of sp³-hybridized carbons (Fsp3) is 0.438. The monoisotopic (exact) mass is 366 g/mol. The lowest BCUT2D eigenvalue weighted by Gasteiger charge is -2.24. The van der Waals surface area contributed by atoms with Crippen LogP contribution in [0.1, 0.15) is 41.8 Å². The van der Waals surface area contributed by atoms with Gasteiger partial charge in [-0.1, -0.05) is 41.3 Å². The Morgan fingerprint density at radius 3 is 2.48 bits per heavy atom. The fourth-order valence-electron chi connectivity index (χ4n) is 2.88. The van der Waals surface area contributed by atoms with Crippen LogP contribution >= 0.6 is 27.3 Å². The Balaban J connectivity index is 1.93. The third-order valence-corrected chi connectivity index (χ3v) is 5.86. The van der Waals surface area contributed by atoms with Crippen molar-refractivity contribution in [3.05, 3.63) is 27.5 Å². The van der Waals surface area contributed by atoms with E-state index in [9.17, 15) is 4.79 Å². The fourth-order valence-corrected chi connectivity index (χ4v) is 4.71. The minimum atomic E-state index is 0.0995. The van der Waals surface area contributed by atoms with Gasteiger partial charge in [0.2, 0.25) is 0 Å². The number of thiophene rings is 1. The van der Waals surface area contributed by atoms with Crippen LogP contribution < -0.4 is 5.73 Å². The Morgan fingerprint density at radius 2 is 1.81 bits per heavy atom. The summed E-state index contributed by atoms with van der Waals surface area (Å²) in [6.07, 6.45) is 5.93. The number of carbonyl (C=O) groups excluding carboxylic acids is 1. The van der Waals surface area contributed by atoms with Gasteiger partial charge in [0.1, 0.15) is 4.88 Å². The Bertz CT molecular complexity index is 660. The summed E-state index contributed by atoms with van der Waals surface area (Å²) in [5.74, 6) is 0.0995. The quantitative estimate of drug-likeness (QED) is 0.797. The first-order valence-electron chi connectivity index (χ1n) is 7.44. The lowest BCUT2D eigenvalue weighted by atomic mass is 10.1. The molecule has 2 aromatic rings. The first-order chi connectivity index (χ1) is 10.2. The third-order valence-electron chi connectivity index (χ3n) is 4.04. The molecule has 0 radical (unpaired) electrons. The van der Waals surface area contributed by atoms with Gasteiger partial charge < -0.3 is 10.6 Å². The standard InChI is InChI=1S/C16H19BrN2OS/c17-11-7-6-8-12-13(11)14(18)15(21-12)16(20)19-9-4-2-1-3-5-10-19/h6-8H,1-5,9-10,18H2. The van der Waals surface area contributed by atoms with E-state index in [-0.39, 0.29) is 5.91 Å². The number of nitrogen functional groups attached to an aromatic ring is 1. The highest BCUT2D eigenvalue weighted by atomic mass is 79.9. The SMILES string of the molecule is Nc1c(C(=O)N2CCCCCCC2)sc2cccc(Br)c12. The zero-order valence-electron chi connectivity index (χ0n) is 11.9. The number of benzene rings is 1. The number of rotatable bonds is 1. The second-order valence-electron chi connectivity index (χ2n) is 5.52. The van der Waals surface area contributed by atoms with Crippen molar-refractivity contribution in [1.29, 1.82) is 0 Å². The van der Waals surface area contributed by atoms with E-state index in [4.69, 9.17) is 5.73 Å². The van der Waals surface area contributed by atoms with Gasteiger partial charge >= 0.3 is 0 Å². The predicted molar refractivity (Wildman–Crippen MR) is 92.9 cm³/mol. The summed E-state index contributed by atoms with van der Waals surface area (Å²) in [6, 6.07) is 5.97. The summed E-state index contributed by atoms with van der Waals surface area (Å²) in [6.45, 7) is 1.71. The average molecular weight is 367 g/mol. The van der Waals surface area contributed by atoms with E-state index >= 15 is 0 Å². The van der Waals surface area contributed by atoms with Gasteiger partial charge in [-0.05, 0) is 25.0 Å². The molecule has 1 aliphatic rings. The van der Waals surface area contributed by atoms with E-state index < -0.39 is 0 Å². The van der Waals surface area contributed by atoms with Crippen LogP contribution in [0.15, 0.2) is 22.7 Å². The zero-order chi connectivity index (χ0) is 14.8. The molecule has 1 saturated heterocycles. The minimum Gasteiger partial charge on any atom is -0.397 e. The van der Waals surface area contributed by atoms with E-state index in [0.29, 0.717) is 10.6 Å². The van der Waals surface area contributed by atoms with Crippen LogP contribution in [0.25, 0.3) is 10.1 Å². The summed E-state index contributed by atoms with van der Waals surface area (Å²) in [7, 11) is 0. The topological polar surface area (TPSA) is 46.3 Å². The number of fused-ring (bicyclic) bond motifs is 1. The van der Waals surface area contributed by atoms with Crippen molar-refractivity contribution < 1.29 is 4.79 Å². The van der Waals surface area contributed by atoms with Gasteiger partial charge in [-0.2, -0.15) is 0 Å². The largest absolute Gasteiger partial charge is 0.397 e. The molecular formula is C16H19BrN2OS. The second kappa shape index (κ2) is 6.36. The van der Waals surface area contributed by atoms with Crippen LogP contribution in [0.2, 0.25) is 0 Å². The highest BCUT2D eigenvalue weighted by molar-refractivity contribution is 9.10. The summed E-state index contributed by atoms with van der Waals surface area (Å²) in [5.41, 5.74) is 6.87. The maximum atomic E-state index is 12.8. The minimum absolute atomic E-state index is 0.0995. The lowest BCUT2D eigenvalue weighted by molar-refractivity contribution is 0.0748. The molecule has 5 heteroatoms. The Morgan fingerprint density at radius 1 is 1.14 bits per heavy atom. The van der Waals surface area contributed by atoms with Gasteiger partial charge in [0.15, 0.2) is 0 Å². The van der Waals surface area contributed by atoms with Crippen LogP contribution in [-0.4, -0.2) is 23.9 Å². The van der Waals surface area contributed by atoms with Crippen LogP contribution in [0.4, 0.5) is 5.69 Å².